The molecule has 0 fully saturated rings. The molecule has 2 aromatic heterocycles. The lowest BCUT2D eigenvalue weighted by Gasteiger charge is -2.16. The van der Waals surface area contributed by atoms with Gasteiger partial charge in [-0.3, -0.25) is 4.79 Å². The third kappa shape index (κ3) is 5.48. The number of pyridine rings is 1. The van der Waals surface area contributed by atoms with Gasteiger partial charge in [0.25, 0.3) is 0 Å². The SMILES string of the molecule is Cc1ccc(OC(C)c2nnc(SCC(=O)Nc3ccc(Cl)cn3)n2C)c(C)c1. The normalized spacial score (nSPS) is 11.9. The van der Waals surface area contributed by atoms with E-state index < -0.39 is 0 Å². The number of ether oxygens (including phenoxy) is 1. The van der Waals surface area contributed by atoms with E-state index >= 15 is 0 Å². The lowest BCUT2D eigenvalue weighted by atomic mass is 10.1. The van der Waals surface area contributed by atoms with E-state index in [0.717, 1.165) is 11.3 Å². The van der Waals surface area contributed by atoms with Gasteiger partial charge in [0.05, 0.1) is 10.8 Å². The number of halogens is 1. The molecule has 1 N–H and O–H groups in total. The van der Waals surface area contributed by atoms with Crippen LogP contribution in [0, 0.1) is 13.8 Å². The van der Waals surface area contributed by atoms with Crippen LogP contribution in [0.3, 0.4) is 0 Å². The highest BCUT2D eigenvalue weighted by atomic mass is 35.5. The number of aryl methyl sites for hydroxylation is 2. The van der Waals surface area contributed by atoms with Crippen LogP contribution in [0.15, 0.2) is 41.7 Å². The van der Waals surface area contributed by atoms with Gasteiger partial charge in [-0.05, 0) is 44.5 Å². The van der Waals surface area contributed by atoms with Crippen molar-refractivity contribution in [3.8, 4) is 5.75 Å². The molecule has 0 bridgehead atoms. The van der Waals surface area contributed by atoms with Crippen LogP contribution in [0.4, 0.5) is 5.82 Å². The second-order valence-corrected chi connectivity index (χ2v) is 8.01. The second-order valence-electron chi connectivity index (χ2n) is 6.63. The van der Waals surface area contributed by atoms with Crippen molar-refractivity contribution in [3.63, 3.8) is 0 Å². The van der Waals surface area contributed by atoms with Crippen LogP contribution in [-0.4, -0.2) is 31.4 Å². The minimum atomic E-state index is -0.282. The van der Waals surface area contributed by atoms with Gasteiger partial charge in [0.1, 0.15) is 11.6 Å². The first-order valence-electron chi connectivity index (χ1n) is 9.01. The highest BCUT2D eigenvalue weighted by Crippen LogP contribution is 2.26. The van der Waals surface area contributed by atoms with Crippen LogP contribution >= 0.6 is 23.4 Å². The molecule has 3 rings (SSSR count). The number of hydrogen-bond acceptors (Lipinski definition) is 6. The maximum absolute atomic E-state index is 12.1. The smallest absolute Gasteiger partial charge is 0.236 e. The number of thioether (sulfide) groups is 1. The quantitative estimate of drug-likeness (QED) is 0.560. The Bertz CT molecular complexity index is 1010. The Morgan fingerprint density at radius 1 is 1.28 bits per heavy atom. The molecule has 2 heterocycles. The van der Waals surface area contributed by atoms with Crippen LogP contribution in [0.2, 0.25) is 5.02 Å². The van der Waals surface area contributed by atoms with E-state index in [-0.39, 0.29) is 17.8 Å². The molecule has 0 spiro atoms. The molecule has 0 radical (unpaired) electrons. The fraction of sp³-hybridized carbons (Fsp3) is 0.300. The average molecular weight is 432 g/mol. The van der Waals surface area contributed by atoms with Crippen LogP contribution in [-0.2, 0) is 11.8 Å². The fourth-order valence-electron chi connectivity index (χ4n) is 2.74. The minimum Gasteiger partial charge on any atom is -0.482 e. The number of aromatic nitrogens is 4. The van der Waals surface area contributed by atoms with E-state index in [2.05, 4.69) is 26.6 Å². The minimum absolute atomic E-state index is 0.183. The number of amides is 1. The Balaban J connectivity index is 1.59. The van der Waals surface area contributed by atoms with Gasteiger partial charge in [-0.15, -0.1) is 10.2 Å². The van der Waals surface area contributed by atoms with E-state index in [1.54, 1.807) is 12.1 Å². The summed E-state index contributed by atoms with van der Waals surface area (Å²) in [5, 5.41) is 12.3. The first-order valence-corrected chi connectivity index (χ1v) is 10.4. The molecule has 3 aromatic rings. The van der Waals surface area contributed by atoms with Crippen molar-refractivity contribution < 1.29 is 9.53 Å². The largest absolute Gasteiger partial charge is 0.482 e. The van der Waals surface area contributed by atoms with Crippen LogP contribution in [0.5, 0.6) is 5.75 Å². The molecule has 1 aromatic carbocycles. The third-order valence-corrected chi connectivity index (χ3v) is 5.44. The standard InChI is InChI=1S/C20H22ClN5O2S/c1-12-5-7-16(13(2)9-12)28-14(3)19-24-25-20(26(19)4)29-11-18(27)23-17-8-6-15(21)10-22-17/h5-10,14H,11H2,1-4H3,(H,22,23,27). The Morgan fingerprint density at radius 3 is 2.76 bits per heavy atom. The van der Waals surface area contributed by atoms with E-state index in [9.17, 15) is 4.79 Å². The maximum Gasteiger partial charge on any atom is 0.236 e. The number of benzene rings is 1. The van der Waals surface area contributed by atoms with Crippen molar-refractivity contribution in [2.45, 2.75) is 32.0 Å². The molecule has 1 atom stereocenters. The molecular formula is C20H22ClN5O2S. The van der Waals surface area contributed by atoms with Gasteiger partial charge < -0.3 is 14.6 Å². The van der Waals surface area contributed by atoms with Crippen molar-refractivity contribution in [2.24, 2.45) is 7.05 Å². The molecule has 0 aliphatic rings. The predicted molar refractivity (Wildman–Crippen MR) is 115 cm³/mol. The fourth-order valence-corrected chi connectivity index (χ4v) is 3.57. The van der Waals surface area contributed by atoms with Crippen molar-refractivity contribution in [1.29, 1.82) is 0 Å². The predicted octanol–water partition coefficient (Wildman–Crippen LogP) is 4.35. The molecule has 0 aliphatic carbocycles. The van der Waals surface area contributed by atoms with Crippen molar-refractivity contribution in [3.05, 3.63) is 58.5 Å². The van der Waals surface area contributed by atoms with Gasteiger partial charge in [0.2, 0.25) is 5.91 Å². The molecular weight excluding hydrogens is 410 g/mol. The van der Waals surface area contributed by atoms with Gasteiger partial charge in [-0.25, -0.2) is 4.98 Å². The molecule has 1 unspecified atom stereocenters. The molecule has 0 saturated carbocycles. The first kappa shape index (κ1) is 21.1. The molecule has 1 amide bonds. The van der Waals surface area contributed by atoms with Crippen molar-refractivity contribution in [1.82, 2.24) is 19.7 Å². The summed E-state index contributed by atoms with van der Waals surface area (Å²) in [6, 6.07) is 9.37. The van der Waals surface area contributed by atoms with Crippen molar-refractivity contribution in [2.75, 3.05) is 11.1 Å². The summed E-state index contributed by atoms with van der Waals surface area (Å²) >= 11 is 7.09. The van der Waals surface area contributed by atoms with Crippen molar-refractivity contribution >= 4 is 35.1 Å². The van der Waals surface area contributed by atoms with E-state index in [0.29, 0.717) is 21.8 Å². The summed E-state index contributed by atoms with van der Waals surface area (Å²) < 4.78 is 7.90. The van der Waals surface area contributed by atoms with E-state index in [1.165, 1.54) is 23.5 Å². The number of nitrogens with one attached hydrogen (secondary N) is 1. The van der Waals surface area contributed by atoms with Gasteiger partial charge in [-0.2, -0.15) is 0 Å². The zero-order valence-corrected chi connectivity index (χ0v) is 18.2. The number of rotatable bonds is 7. The maximum atomic E-state index is 12.1. The number of nitrogens with zero attached hydrogens (tertiary/aromatic N) is 4. The first-order chi connectivity index (χ1) is 13.8. The number of anilines is 1. The Labute approximate surface area is 178 Å². The molecule has 7 nitrogen and oxygen atoms in total. The summed E-state index contributed by atoms with van der Waals surface area (Å²) in [4.78, 5) is 16.2. The van der Waals surface area contributed by atoms with Gasteiger partial charge in [-0.1, -0.05) is 41.1 Å². The Kier molecular flexibility index (Phi) is 6.76. The average Bonchev–Trinajstić information content (AvgIpc) is 3.05. The number of hydrogen-bond donors (Lipinski definition) is 1. The third-order valence-electron chi connectivity index (χ3n) is 4.19. The summed E-state index contributed by atoms with van der Waals surface area (Å²) in [5.74, 6) is 1.95. The molecule has 29 heavy (non-hydrogen) atoms. The highest BCUT2D eigenvalue weighted by Gasteiger charge is 2.18. The van der Waals surface area contributed by atoms with E-state index in [4.69, 9.17) is 16.3 Å². The van der Waals surface area contributed by atoms with Crippen LogP contribution < -0.4 is 10.1 Å². The van der Waals surface area contributed by atoms with E-state index in [1.807, 2.05) is 44.5 Å². The number of carbonyl (C=O) groups excluding carboxylic acids is 1. The van der Waals surface area contributed by atoms with Gasteiger partial charge >= 0.3 is 0 Å². The molecule has 0 saturated heterocycles. The molecule has 152 valence electrons. The van der Waals surface area contributed by atoms with Crippen LogP contribution in [0.25, 0.3) is 0 Å². The Hall–Kier alpha value is -2.58. The number of carbonyl (C=O) groups is 1. The summed E-state index contributed by atoms with van der Waals surface area (Å²) in [5.41, 5.74) is 2.26. The zero-order valence-electron chi connectivity index (χ0n) is 16.6. The van der Waals surface area contributed by atoms with Gasteiger partial charge in [0, 0.05) is 13.2 Å². The van der Waals surface area contributed by atoms with Crippen LogP contribution in [0.1, 0.15) is 30.0 Å². The highest BCUT2D eigenvalue weighted by molar-refractivity contribution is 7.99. The lowest BCUT2D eigenvalue weighted by Crippen LogP contribution is -2.15. The molecule has 9 heteroatoms. The lowest BCUT2D eigenvalue weighted by molar-refractivity contribution is -0.113. The monoisotopic (exact) mass is 431 g/mol. The molecule has 0 aliphatic heterocycles. The Morgan fingerprint density at radius 2 is 2.07 bits per heavy atom. The zero-order chi connectivity index (χ0) is 21.0. The summed E-state index contributed by atoms with van der Waals surface area (Å²) in [7, 11) is 1.86. The van der Waals surface area contributed by atoms with Gasteiger partial charge in [0.15, 0.2) is 17.1 Å². The second kappa shape index (κ2) is 9.28. The summed E-state index contributed by atoms with van der Waals surface area (Å²) in [6.45, 7) is 5.99. The topological polar surface area (TPSA) is 81.9 Å². The summed E-state index contributed by atoms with van der Waals surface area (Å²) in [6.07, 6.45) is 1.20.